The molecule has 4 heteroatoms. The maximum atomic E-state index is 6.09. The predicted octanol–water partition coefficient (Wildman–Crippen LogP) is 4.15. The summed E-state index contributed by atoms with van der Waals surface area (Å²) in [4.78, 5) is 0. The molecule has 1 fully saturated rings. The summed E-state index contributed by atoms with van der Waals surface area (Å²) in [5.41, 5.74) is 0. The largest absolute Gasteiger partial charge is 0.490 e. The molecule has 0 spiro atoms. The van der Waals surface area contributed by atoms with Crippen LogP contribution in [0.2, 0.25) is 10.0 Å². The van der Waals surface area contributed by atoms with Gasteiger partial charge in [-0.05, 0) is 31.5 Å². The number of nitrogens with one attached hydrogen (secondary N) is 1. The smallest absolute Gasteiger partial charge is 0.121 e. The second-order valence-electron chi connectivity index (χ2n) is 4.77. The third kappa shape index (κ3) is 3.53. The molecule has 0 unspecified atom stereocenters. The molecule has 0 aromatic heterocycles. The van der Waals surface area contributed by atoms with Crippen LogP contribution in [0.25, 0.3) is 0 Å². The van der Waals surface area contributed by atoms with Gasteiger partial charge in [-0.1, -0.05) is 36.5 Å². The van der Waals surface area contributed by atoms with Crippen molar-refractivity contribution in [2.75, 3.05) is 13.1 Å². The van der Waals surface area contributed by atoms with Crippen molar-refractivity contribution in [2.24, 2.45) is 5.92 Å². The second-order valence-corrected chi connectivity index (χ2v) is 5.59. The summed E-state index contributed by atoms with van der Waals surface area (Å²) in [6, 6.07) is 5.48. The first-order valence-electron chi connectivity index (χ1n) is 6.53. The fourth-order valence-electron chi connectivity index (χ4n) is 2.39. The van der Waals surface area contributed by atoms with Crippen LogP contribution in [-0.2, 0) is 0 Å². The van der Waals surface area contributed by atoms with Crippen molar-refractivity contribution in [3.05, 3.63) is 28.2 Å². The zero-order valence-electron chi connectivity index (χ0n) is 10.6. The molecule has 0 bridgehead atoms. The Hall–Kier alpha value is -0.440. The first kappa shape index (κ1) is 14.0. The van der Waals surface area contributed by atoms with Crippen LogP contribution in [0.1, 0.15) is 26.2 Å². The van der Waals surface area contributed by atoms with Crippen LogP contribution >= 0.6 is 23.2 Å². The average molecular weight is 288 g/mol. The van der Waals surface area contributed by atoms with Gasteiger partial charge in [-0.2, -0.15) is 0 Å². The van der Waals surface area contributed by atoms with Crippen LogP contribution in [0.4, 0.5) is 0 Å². The van der Waals surface area contributed by atoms with Crippen LogP contribution in [0.15, 0.2) is 18.2 Å². The lowest BCUT2D eigenvalue weighted by molar-refractivity contribution is 0.132. The number of benzene rings is 1. The van der Waals surface area contributed by atoms with Crippen molar-refractivity contribution < 1.29 is 4.74 Å². The highest BCUT2D eigenvalue weighted by Crippen LogP contribution is 2.29. The first-order valence-corrected chi connectivity index (χ1v) is 7.28. The number of hydrogen-bond acceptors (Lipinski definition) is 2. The molecular weight excluding hydrogens is 269 g/mol. The van der Waals surface area contributed by atoms with E-state index in [2.05, 4.69) is 12.2 Å². The second kappa shape index (κ2) is 6.65. The van der Waals surface area contributed by atoms with Gasteiger partial charge in [-0.3, -0.25) is 0 Å². The first-order chi connectivity index (χ1) is 8.70. The summed E-state index contributed by atoms with van der Waals surface area (Å²) in [6.45, 7) is 4.33. The van der Waals surface area contributed by atoms with Crippen molar-refractivity contribution in [3.63, 3.8) is 0 Å². The summed E-state index contributed by atoms with van der Waals surface area (Å²) >= 11 is 11.9. The summed E-state index contributed by atoms with van der Waals surface area (Å²) in [6.07, 6.45) is 3.66. The third-order valence-electron chi connectivity index (χ3n) is 3.38. The third-order valence-corrected chi connectivity index (χ3v) is 4.11. The van der Waals surface area contributed by atoms with E-state index in [1.165, 1.54) is 6.42 Å². The van der Waals surface area contributed by atoms with Gasteiger partial charge in [0.15, 0.2) is 0 Å². The maximum Gasteiger partial charge on any atom is 0.121 e. The SMILES string of the molecule is CCC[C@@H](Oc1ccc(Cl)c(Cl)c1)[C@H]1CCNC1. The molecule has 1 saturated heterocycles. The highest BCUT2D eigenvalue weighted by Gasteiger charge is 2.25. The Morgan fingerprint density at radius 3 is 2.83 bits per heavy atom. The zero-order valence-corrected chi connectivity index (χ0v) is 12.1. The fraction of sp³-hybridized carbons (Fsp3) is 0.571. The standard InChI is InChI=1S/C14H19Cl2NO/c1-2-3-14(10-6-7-17-9-10)18-11-4-5-12(15)13(16)8-11/h4-5,8,10,14,17H,2-3,6-7,9H2,1H3/t10-,14+/m0/s1. The predicted molar refractivity (Wildman–Crippen MR) is 76.8 cm³/mol. The lowest BCUT2D eigenvalue weighted by Gasteiger charge is -2.24. The van der Waals surface area contributed by atoms with E-state index >= 15 is 0 Å². The monoisotopic (exact) mass is 287 g/mol. The van der Waals surface area contributed by atoms with E-state index in [4.69, 9.17) is 27.9 Å². The van der Waals surface area contributed by atoms with E-state index in [9.17, 15) is 0 Å². The molecule has 1 aromatic carbocycles. The Morgan fingerprint density at radius 1 is 1.39 bits per heavy atom. The van der Waals surface area contributed by atoms with Crippen molar-refractivity contribution in [3.8, 4) is 5.75 Å². The van der Waals surface area contributed by atoms with E-state index in [1.807, 2.05) is 6.07 Å². The number of rotatable bonds is 5. The molecule has 2 rings (SSSR count). The van der Waals surface area contributed by atoms with Crippen LogP contribution in [0, 0.1) is 5.92 Å². The average Bonchev–Trinajstić information content (AvgIpc) is 2.87. The number of hydrogen-bond donors (Lipinski definition) is 1. The van der Waals surface area contributed by atoms with Crippen LogP contribution < -0.4 is 10.1 Å². The Balaban J connectivity index is 2.04. The molecule has 0 aliphatic carbocycles. The lowest BCUT2D eigenvalue weighted by Crippen LogP contribution is -2.28. The molecule has 1 aliphatic rings. The van der Waals surface area contributed by atoms with Crippen LogP contribution in [0.3, 0.4) is 0 Å². The van der Waals surface area contributed by atoms with Gasteiger partial charge in [0.1, 0.15) is 11.9 Å². The van der Waals surface area contributed by atoms with Gasteiger partial charge in [0.2, 0.25) is 0 Å². The quantitative estimate of drug-likeness (QED) is 0.878. The highest BCUT2D eigenvalue weighted by atomic mass is 35.5. The molecular formula is C14H19Cl2NO. The van der Waals surface area contributed by atoms with Crippen LogP contribution in [-0.4, -0.2) is 19.2 Å². The van der Waals surface area contributed by atoms with Gasteiger partial charge in [0.05, 0.1) is 10.0 Å². The Labute approximate surface area is 119 Å². The molecule has 2 atom stereocenters. The van der Waals surface area contributed by atoms with E-state index in [0.717, 1.165) is 31.7 Å². The molecule has 2 nitrogen and oxygen atoms in total. The topological polar surface area (TPSA) is 21.3 Å². The lowest BCUT2D eigenvalue weighted by atomic mass is 9.97. The zero-order chi connectivity index (χ0) is 13.0. The normalized spacial score (nSPS) is 20.9. The van der Waals surface area contributed by atoms with Crippen molar-refractivity contribution in [1.82, 2.24) is 5.32 Å². The Morgan fingerprint density at radius 2 is 2.22 bits per heavy atom. The van der Waals surface area contributed by atoms with Crippen LogP contribution in [0.5, 0.6) is 5.75 Å². The summed E-state index contributed by atoms with van der Waals surface area (Å²) in [5.74, 6) is 1.41. The molecule has 0 saturated carbocycles. The van der Waals surface area contributed by atoms with E-state index < -0.39 is 0 Å². The fourth-order valence-corrected chi connectivity index (χ4v) is 2.68. The molecule has 1 heterocycles. The number of halogens is 2. The van der Waals surface area contributed by atoms with Crippen molar-refractivity contribution in [1.29, 1.82) is 0 Å². The van der Waals surface area contributed by atoms with E-state index in [1.54, 1.807) is 12.1 Å². The van der Waals surface area contributed by atoms with Gasteiger partial charge in [0, 0.05) is 18.5 Å². The minimum atomic E-state index is 0.266. The molecule has 1 aliphatic heterocycles. The Bertz CT molecular complexity index is 391. The minimum absolute atomic E-state index is 0.266. The molecule has 1 N–H and O–H groups in total. The molecule has 0 amide bonds. The summed E-state index contributed by atoms with van der Waals surface area (Å²) in [7, 11) is 0. The van der Waals surface area contributed by atoms with Crippen molar-refractivity contribution >= 4 is 23.2 Å². The summed E-state index contributed by atoms with van der Waals surface area (Å²) < 4.78 is 6.09. The van der Waals surface area contributed by atoms with Gasteiger partial charge < -0.3 is 10.1 Å². The van der Waals surface area contributed by atoms with E-state index in [0.29, 0.717) is 16.0 Å². The highest BCUT2D eigenvalue weighted by molar-refractivity contribution is 6.42. The number of ether oxygens (including phenoxy) is 1. The molecule has 0 radical (unpaired) electrons. The van der Waals surface area contributed by atoms with Gasteiger partial charge in [-0.25, -0.2) is 0 Å². The van der Waals surface area contributed by atoms with Gasteiger partial charge in [0.25, 0.3) is 0 Å². The maximum absolute atomic E-state index is 6.09. The van der Waals surface area contributed by atoms with E-state index in [-0.39, 0.29) is 6.10 Å². The van der Waals surface area contributed by atoms with Gasteiger partial charge in [-0.15, -0.1) is 0 Å². The van der Waals surface area contributed by atoms with Crippen molar-refractivity contribution in [2.45, 2.75) is 32.3 Å². The summed E-state index contributed by atoms with van der Waals surface area (Å²) in [5, 5.41) is 4.51. The minimum Gasteiger partial charge on any atom is -0.490 e. The molecule has 18 heavy (non-hydrogen) atoms. The Kier molecular flexibility index (Phi) is 5.16. The van der Waals surface area contributed by atoms with Gasteiger partial charge >= 0.3 is 0 Å². The molecule has 100 valence electrons. The molecule has 1 aromatic rings.